The van der Waals surface area contributed by atoms with Crippen LogP contribution in [0.15, 0.2) is 24.3 Å². The minimum atomic E-state index is -0.945. The molecule has 0 spiro atoms. The first-order valence-electron chi connectivity index (χ1n) is 7.51. The summed E-state index contributed by atoms with van der Waals surface area (Å²) in [5.74, 6) is 2.76. The van der Waals surface area contributed by atoms with Gasteiger partial charge < -0.3 is 0 Å². The molecule has 6 heteroatoms. The van der Waals surface area contributed by atoms with Gasteiger partial charge in [0.15, 0.2) is 0 Å². The zero-order valence-electron chi connectivity index (χ0n) is 13.4. The van der Waals surface area contributed by atoms with Gasteiger partial charge in [0, 0.05) is 23.8 Å². The smallest absolute Gasteiger partial charge is 0.261 e. The number of carbonyl (C=O) groups is 2. The monoisotopic (exact) mass is 353 g/mol. The lowest BCUT2D eigenvalue weighted by Crippen LogP contribution is -2.31. The van der Waals surface area contributed by atoms with Crippen molar-refractivity contribution in [2.75, 3.05) is 29.2 Å². The number of imide groups is 1. The van der Waals surface area contributed by atoms with Gasteiger partial charge in [0.25, 0.3) is 11.8 Å². The van der Waals surface area contributed by atoms with E-state index >= 15 is 0 Å². The van der Waals surface area contributed by atoms with Crippen molar-refractivity contribution in [1.29, 1.82) is 0 Å². The molecule has 2 rings (SSSR count). The van der Waals surface area contributed by atoms with Crippen LogP contribution < -0.4 is 0 Å². The highest BCUT2D eigenvalue weighted by atomic mass is 32.2. The van der Waals surface area contributed by atoms with Crippen molar-refractivity contribution >= 4 is 43.4 Å². The molecule has 0 aliphatic carbocycles. The molecule has 1 aliphatic rings. The zero-order chi connectivity index (χ0) is 16.2. The molecule has 1 aromatic rings. The summed E-state index contributed by atoms with van der Waals surface area (Å²) >= 11 is 3.85. The highest BCUT2D eigenvalue weighted by Gasteiger charge is 2.34. The topological polar surface area (TPSA) is 37.4 Å². The average Bonchev–Trinajstić information content (AvgIpc) is 2.70. The average molecular weight is 354 g/mol. The number of hydrogen-bond donors (Lipinski definition) is 0. The van der Waals surface area contributed by atoms with E-state index in [1.165, 1.54) is 10.3 Å². The van der Waals surface area contributed by atoms with Gasteiger partial charge in [0.05, 0.1) is 19.2 Å². The van der Waals surface area contributed by atoms with Crippen LogP contribution >= 0.6 is 23.5 Å². The minimum absolute atomic E-state index is 0.144. The van der Waals surface area contributed by atoms with Crippen LogP contribution in [0, 0.1) is 0 Å². The van der Waals surface area contributed by atoms with Gasteiger partial charge in [-0.2, -0.15) is 23.5 Å². The second-order valence-corrected chi connectivity index (χ2v) is 14.9. The first-order valence-corrected chi connectivity index (χ1v) is 13.5. The normalized spacial score (nSPS) is 14.6. The largest absolute Gasteiger partial charge is 0.274 e. The van der Waals surface area contributed by atoms with Gasteiger partial charge in [-0.1, -0.05) is 31.8 Å². The van der Waals surface area contributed by atoms with E-state index in [1.807, 2.05) is 23.5 Å². The highest BCUT2D eigenvalue weighted by Crippen LogP contribution is 2.22. The van der Waals surface area contributed by atoms with Gasteiger partial charge in [-0.05, 0) is 17.5 Å². The molecule has 1 aromatic carbocycles. The van der Waals surface area contributed by atoms with Gasteiger partial charge in [0.2, 0.25) is 0 Å². The first-order chi connectivity index (χ1) is 10.4. The number of carbonyl (C=O) groups excluding carboxylic acids is 2. The van der Waals surface area contributed by atoms with E-state index in [2.05, 4.69) is 19.6 Å². The second kappa shape index (κ2) is 7.70. The molecule has 0 atom stereocenters. The molecule has 2 amide bonds. The summed E-state index contributed by atoms with van der Waals surface area (Å²) in [6.07, 6.45) is 0. The van der Waals surface area contributed by atoms with Gasteiger partial charge >= 0.3 is 0 Å². The van der Waals surface area contributed by atoms with Crippen LogP contribution in [0.4, 0.5) is 0 Å². The molecule has 0 aromatic heterocycles. The van der Waals surface area contributed by atoms with Crippen LogP contribution in [0.2, 0.25) is 19.6 Å². The number of benzene rings is 1. The minimum Gasteiger partial charge on any atom is -0.274 e. The first kappa shape index (κ1) is 17.6. The summed E-state index contributed by atoms with van der Waals surface area (Å²) in [6.45, 7) is 7.66. The van der Waals surface area contributed by atoms with Crippen molar-refractivity contribution in [1.82, 2.24) is 4.90 Å². The van der Waals surface area contributed by atoms with E-state index in [-0.39, 0.29) is 11.8 Å². The number of nitrogens with zero attached hydrogens (tertiary/aromatic N) is 1. The SMILES string of the molecule is C[Si](C)(C)CSCCSCCN1C(=O)c2ccccc2C1=O. The lowest BCUT2D eigenvalue weighted by atomic mass is 10.1. The summed E-state index contributed by atoms with van der Waals surface area (Å²) in [7, 11) is -0.945. The van der Waals surface area contributed by atoms with Gasteiger partial charge in [-0.15, -0.1) is 0 Å². The Balaban J connectivity index is 1.69. The van der Waals surface area contributed by atoms with E-state index in [9.17, 15) is 9.59 Å². The molecular formula is C16H23NO2S2Si. The van der Waals surface area contributed by atoms with Crippen molar-refractivity contribution in [3.05, 3.63) is 35.4 Å². The van der Waals surface area contributed by atoms with E-state index in [1.54, 1.807) is 24.3 Å². The van der Waals surface area contributed by atoms with Crippen LogP contribution in [-0.2, 0) is 0 Å². The van der Waals surface area contributed by atoms with Crippen molar-refractivity contribution in [2.45, 2.75) is 19.6 Å². The number of rotatable bonds is 8. The molecule has 0 N–H and O–H groups in total. The molecule has 0 unspecified atom stereocenters. The predicted octanol–water partition coefficient (Wildman–Crippen LogP) is 3.63. The third-order valence-electron chi connectivity index (χ3n) is 3.24. The molecular weight excluding hydrogens is 330 g/mol. The zero-order valence-corrected chi connectivity index (χ0v) is 16.1. The molecule has 1 aliphatic heterocycles. The molecule has 0 saturated heterocycles. The predicted molar refractivity (Wildman–Crippen MR) is 99.8 cm³/mol. The summed E-state index contributed by atoms with van der Waals surface area (Å²) < 4.78 is 0. The number of hydrogen-bond acceptors (Lipinski definition) is 4. The standard InChI is InChI=1S/C16H23NO2S2Si/c1-22(2,3)12-21-11-10-20-9-8-17-15(18)13-6-4-5-7-14(13)16(17)19/h4-7H,8-12H2,1-3H3. The maximum Gasteiger partial charge on any atom is 0.261 e. The Hall–Kier alpha value is -0.723. The Kier molecular flexibility index (Phi) is 6.17. The summed E-state index contributed by atoms with van der Waals surface area (Å²) in [4.78, 5) is 25.7. The van der Waals surface area contributed by atoms with Crippen molar-refractivity contribution < 1.29 is 9.59 Å². The third-order valence-corrected chi connectivity index (χ3v) is 9.24. The molecule has 0 radical (unpaired) electrons. The van der Waals surface area contributed by atoms with Crippen molar-refractivity contribution in [3.63, 3.8) is 0 Å². The number of amides is 2. The van der Waals surface area contributed by atoms with E-state index in [0.29, 0.717) is 17.7 Å². The fraction of sp³-hybridized carbons (Fsp3) is 0.500. The Labute approximate surface area is 142 Å². The summed E-state index contributed by atoms with van der Waals surface area (Å²) in [6, 6.07) is 7.07. The lowest BCUT2D eigenvalue weighted by molar-refractivity contribution is 0.0664. The van der Waals surface area contributed by atoms with Crippen LogP contribution in [0.1, 0.15) is 20.7 Å². The molecule has 0 bridgehead atoms. The molecule has 1 heterocycles. The molecule has 22 heavy (non-hydrogen) atoms. The Morgan fingerprint density at radius 2 is 1.45 bits per heavy atom. The van der Waals surface area contributed by atoms with Crippen LogP contribution in [0.5, 0.6) is 0 Å². The third kappa shape index (κ3) is 4.63. The molecule has 0 saturated carbocycles. The van der Waals surface area contributed by atoms with Gasteiger partial charge in [-0.3, -0.25) is 14.5 Å². The Morgan fingerprint density at radius 3 is 2.00 bits per heavy atom. The van der Waals surface area contributed by atoms with Crippen LogP contribution in [0.3, 0.4) is 0 Å². The second-order valence-electron chi connectivity index (χ2n) is 6.53. The van der Waals surface area contributed by atoms with E-state index < -0.39 is 8.07 Å². The lowest BCUT2D eigenvalue weighted by Gasteiger charge is -2.15. The number of fused-ring (bicyclic) bond motifs is 1. The van der Waals surface area contributed by atoms with Gasteiger partial charge in [0.1, 0.15) is 0 Å². The maximum atomic E-state index is 12.2. The maximum absolute atomic E-state index is 12.2. The fourth-order valence-electron chi connectivity index (χ4n) is 2.20. The molecule has 0 fully saturated rings. The Morgan fingerprint density at radius 1 is 0.909 bits per heavy atom. The fourth-order valence-corrected chi connectivity index (χ4v) is 6.68. The molecule has 120 valence electrons. The van der Waals surface area contributed by atoms with Gasteiger partial charge in [-0.25, -0.2) is 0 Å². The van der Waals surface area contributed by atoms with Crippen LogP contribution in [0.25, 0.3) is 0 Å². The summed E-state index contributed by atoms with van der Waals surface area (Å²) in [5, 5.41) is 1.30. The summed E-state index contributed by atoms with van der Waals surface area (Å²) in [5.41, 5.74) is 1.09. The van der Waals surface area contributed by atoms with Crippen LogP contribution in [-0.4, -0.2) is 54.0 Å². The number of thioether (sulfide) groups is 2. The molecule has 3 nitrogen and oxygen atoms in total. The quantitative estimate of drug-likeness (QED) is 0.406. The Bertz CT molecular complexity index is 522. The van der Waals surface area contributed by atoms with Crippen molar-refractivity contribution in [3.8, 4) is 0 Å². The van der Waals surface area contributed by atoms with E-state index in [0.717, 1.165) is 17.3 Å². The van der Waals surface area contributed by atoms with Crippen molar-refractivity contribution in [2.24, 2.45) is 0 Å². The highest BCUT2D eigenvalue weighted by molar-refractivity contribution is 8.03. The van der Waals surface area contributed by atoms with E-state index in [4.69, 9.17) is 0 Å².